The summed E-state index contributed by atoms with van der Waals surface area (Å²) in [7, 11) is 0. The highest BCUT2D eigenvalue weighted by atomic mass is 32.2. The van der Waals surface area contributed by atoms with Crippen LogP contribution in [-0.2, 0) is 4.79 Å². The molecule has 20 heavy (non-hydrogen) atoms. The predicted octanol–water partition coefficient (Wildman–Crippen LogP) is 1.78. The van der Waals surface area contributed by atoms with Crippen molar-refractivity contribution in [3.63, 3.8) is 0 Å². The summed E-state index contributed by atoms with van der Waals surface area (Å²) in [5, 5.41) is 9.83. The average molecular weight is 292 g/mol. The summed E-state index contributed by atoms with van der Waals surface area (Å²) in [5.41, 5.74) is 1.08. The van der Waals surface area contributed by atoms with Crippen molar-refractivity contribution in [3.05, 3.63) is 35.9 Å². The molecule has 4 nitrogen and oxygen atoms in total. The maximum Gasteiger partial charge on any atom is 0.248 e. The van der Waals surface area contributed by atoms with Gasteiger partial charge in [-0.3, -0.25) is 9.79 Å². The van der Waals surface area contributed by atoms with E-state index in [2.05, 4.69) is 4.99 Å². The summed E-state index contributed by atoms with van der Waals surface area (Å²) >= 11 is 1.64. The Bertz CT molecular complexity index is 476. The van der Waals surface area contributed by atoms with Gasteiger partial charge < -0.3 is 10.0 Å². The van der Waals surface area contributed by atoms with Crippen molar-refractivity contribution in [2.75, 3.05) is 25.4 Å². The van der Waals surface area contributed by atoms with Gasteiger partial charge in [0, 0.05) is 31.0 Å². The number of thioether (sulfide) groups is 1. The van der Waals surface area contributed by atoms with Crippen molar-refractivity contribution in [1.82, 2.24) is 4.90 Å². The lowest BCUT2D eigenvalue weighted by atomic mass is 10.2. The second-order valence-electron chi connectivity index (χ2n) is 4.62. The van der Waals surface area contributed by atoms with Gasteiger partial charge in [-0.2, -0.15) is 0 Å². The molecule has 1 aliphatic heterocycles. The fraction of sp³-hybridized carbons (Fsp3) is 0.467. The molecule has 5 heteroatoms. The van der Waals surface area contributed by atoms with Gasteiger partial charge in [0.15, 0.2) is 0 Å². The summed E-state index contributed by atoms with van der Waals surface area (Å²) in [4.78, 5) is 18.7. The first-order valence-electron chi connectivity index (χ1n) is 6.92. The summed E-state index contributed by atoms with van der Waals surface area (Å²) in [6.45, 7) is 3.33. The number of carbonyl (C=O) groups excluding carboxylic acids is 1. The van der Waals surface area contributed by atoms with E-state index in [1.807, 2.05) is 37.3 Å². The minimum absolute atomic E-state index is 0.0689. The highest BCUT2D eigenvalue weighted by Gasteiger charge is 2.28. The molecule has 0 bridgehead atoms. The van der Waals surface area contributed by atoms with Gasteiger partial charge in [0.2, 0.25) is 5.91 Å². The molecule has 1 heterocycles. The molecule has 1 aromatic rings. The van der Waals surface area contributed by atoms with E-state index in [1.54, 1.807) is 16.7 Å². The van der Waals surface area contributed by atoms with Crippen molar-refractivity contribution in [2.24, 2.45) is 4.99 Å². The van der Waals surface area contributed by atoms with Gasteiger partial charge in [-0.25, -0.2) is 0 Å². The first kappa shape index (κ1) is 15.1. The molecule has 1 amide bonds. The fourth-order valence-electron chi connectivity index (χ4n) is 2.14. The Kier molecular flexibility index (Phi) is 5.61. The minimum atomic E-state index is -0.283. The van der Waals surface area contributed by atoms with Gasteiger partial charge in [0.25, 0.3) is 0 Å². The Labute approximate surface area is 123 Å². The number of benzene rings is 1. The molecule has 0 saturated heterocycles. The lowest BCUT2D eigenvalue weighted by Gasteiger charge is -2.22. The number of likely N-dealkylation sites (N-methyl/N-ethyl adjacent to an activating group) is 1. The van der Waals surface area contributed by atoms with Crippen LogP contribution in [0.4, 0.5) is 0 Å². The summed E-state index contributed by atoms with van der Waals surface area (Å²) in [5.74, 6) is 0.776. The molecule has 0 saturated carbocycles. The Balaban J connectivity index is 2.03. The standard InChI is InChI=1S/C15H20N2O2S/c1-2-17(9-6-10-18)15(19)13-11-20-14(16-13)12-7-4-3-5-8-12/h3-5,7-8,13,18H,2,6,9-11H2,1H3. The van der Waals surface area contributed by atoms with E-state index >= 15 is 0 Å². The van der Waals surface area contributed by atoms with Crippen LogP contribution in [-0.4, -0.2) is 52.4 Å². The number of hydrogen-bond donors (Lipinski definition) is 1. The summed E-state index contributed by atoms with van der Waals surface area (Å²) in [6.07, 6.45) is 0.620. The molecule has 0 radical (unpaired) electrons. The molecular formula is C15H20N2O2S. The predicted molar refractivity (Wildman–Crippen MR) is 83.2 cm³/mol. The van der Waals surface area contributed by atoms with Crippen LogP contribution in [0.1, 0.15) is 18.9 Å². The third-order valence-corrected chi connectivity index (χ3v) is 4.33. The smallest absolute Gasteiger partial charge is 0.248 e. The molecule has 0 aliphatic carbocycles. The highest BCUT2D eigenvalue weighted by Crippen LogP contribution is 2.24. The number of aliphatic hydroxyl groups is 1. The lowest BCUT2D eigenvalue weighted by molar-refractivity contribution is -0.131. The van der Waals surface area contributed by atoms with E-state index < -0.39 is 0 Å². The normalized spacial score (nSPS) is 17.9. The number of nitrogens with zero attached hydrogens (tertiary/aromatic N) is 2. The average Bonchev–Trinajstić information content (AvgIpc) is 2.98. The van der Waals surface area contributed by atoms with Crippen LogP contribution in [0.15, 0.2) is 35.3 Å². The Morgan fingerprint density at radius 3 is 2.85 bits per heavy atom. The van der Waals surface area contributed by atoms with Crippen LogP contribution in [0.2, 0.25) is 0 Å². The molecule has 0 fully saturated rings. The minimum Gasteiger partial charge on any atom is -0.396 e. The van der Waals surface area contributed by atoms with E-state index in [0.29, 0.717) is 25.3 Å². The second kappa shape index (κ2) is 7.45. The van der Waals surface area contributed by atoms with E-state index in [-0.39, 0.29) is 18.6 Å². The maximum atomic E-state index is 12.4. The van der Waals surface area contributed by atoms with Crippen LogP contribution < -0.4 is 0 Å². The second-order valence-corrected chi connectivity index (χ2v) is 5.63. The van der Waals surface area contributed by atoms with Crippen LogP contribution in [0, 0.1) is 0 Å². The van der Waals surface area contributed by atoms with E-state index in [4.69, 9.17) is 5.11 Å². The first-order valence-corrected chi connectivity index (χ1v) is 7.90. The molecule has 2 rings (SSSR count). The first-order chi connectivity index (χ1) is 9.76. The number of rotatable bonds is 6. The van der Waals surface area contributed by atoms with Crippen molar-refractivity contribution in [2.45, 2.75) is 19.4 Å². The van der Waals surface area contributed by atoms with Gasteiger partial charge in [-0.1, -0.05) is 30.3 Å². The molecule has 108 valence electrons. The molecule has 1 aliphatic rings. The number of aliphatic hydroxyl groups excluding tert-OH is 1. The van der Waals surface area contributed by atoms with E-state index in [9.17, 15) is 4.79 Å². The van der Waals surface area contributed by atoms with Gasteiger partial charge in [-0.15, -0.1) is 11.8 Å². The van der Waals surface area contributed by atoms with Crippen LogP contribution >= 0.6 is 11.8 Å². The molecule has 0 aromatic heterocycles. The van der Waals surface area contributed by atoms with Gasteiger partial charge in [0.05, 0.1) is 5.04 Å². The zero-order valence-electron chi connectivity index (χ0n) is 11.7. The van der Waals surface area contributed by atoms with Crippen molar-refractivity contribution < 1.29 is 9.90 Å². The van der Waals surface area contributed by atoms with Gasteiger partial charge in [0.1, 0.15) is 6.04 Å². The molecule has 1 N–H and O–H groups in total. The molecule has 0 spiro atoms. The molecule has 1 atom stereocenters. The summed E-state index contributed by atoms with van der Waals surface area (Å²) in [6, 6.07) is 9.68. The number of hydrogen-bond acceptors (Lipinski definition) is 4. The van der Waals surface area contributed by atoms with Crippen LogP contribution in [0.25, 0.3) is 0 Å². The maximum absolute atomic E-state index is 12.4. The molecule has 1 aromatic carbocycles. The van der Waals surface area contributed by atoms with Crippen molar-refractivity contribution in [3.8, 4) is 0 Å². The molecular weight excluding hydrogens is 272 g/mol. The Morgan fingerprint density at radius 2 is 2.20 bits per heavy atom. The fourth-order valence-corrected chi connectivity index (χ4v) is 3.17. The quantitative estimate of drug-likeness (QED) is 0.869. The number of amides is 1. The molecule has 1 unspecified atom stereocenters. The van der Waals surface area contributed by atoms with Crippen molar-refractivity contribution in [1.29, 1.82) is 0 Å². The number of carbonyl (C=O) groups is 1. The summed E-state index contributed by atoms with van der Waals surface area (Å²) < 4.78 is 0. The topological polar surface area (TPSA) is 52.9 Å². The van der Waals surface area contributed by atoms with E-state index in [1.165, 1.54) is 0 Å². The zero-order valence-corrected chi connectivity index (χ0v) is 12.5. The van der Waals surface area contributed by atoms with Crippen molar-refractivity contribution >= 4 is 22.7 Å². The lowest BCUT2D eigenvalue weighted by Crippen LogP contribution is -2.39. The van der Waals surface area contributed by atoms with Gasteiger partial charge in [-0.05, 0) is 13.3 Å². The SMILES string of the molecule is CCN(CCCO)C(=O)C1CSC(c2ccccc2)=N1. The Morgan fingerprint density at radius 1 is 1.45 bits per heavy atom. The highest BCUT2D eigenvalue weighted by molar-refractivity contribution is 8.14. The number of aliphatic imine (C=N–C) groups is 1. The van der Waals surface area contributed by atoms with E-state index in [0.717, 1.165) is 10.6 Å². The Hall–Kier alpha value is -1.33. The van der Waals surface area contributed by atoms with Crippen LogP contribution in [0.5, 0.6) is 0 Å². The van der Waals surface area contributed by atoms with Gasteiger partial charge >= 0.3 is 0 Å². The largest absolute Gasteiger partial charge is 0.396 e. The third kappa shape index (κ3) is 3.61. The van der Waals surface area contributed by atoms with Crippen LogP contribution in [0.3, 0.4) is 0 Å². The zero-order chi connectivity index (χ0) is 14.4. The third-order valence-electron chi connectivity index (χ3n) is 3.24. The monoisotopic (exact) mass is 292 g/mol.